The third-order valence-electron chi connectivity index (χ3n) is 4.83. The molecule has 0 spiro atoms. The maximum atomic E-state index is 3.75. The van der Waals surface area contributed by atoms with Crippen molar-refractivity contribution >= 4 is 0 Å². The average molecular weight is 255 g/mol. The molecule has 3 rings (SSSR count). The molecule has 102 valence electrons. The summed E-state index contributed by atoms with van der Waals surface area (Å²) in [4.78, 5) is 0. The third kappa shape index (κ3) is 2.92. The molecule has 19 heavy (non-hydrogen) atoms. The summed E-state index contributed by atoms with van der Waals surface area (Å²) in [5, 5.41) is 3.75. The van der Waals surface area contributed by atoms with Gasteiger partial charge in [0.1, 0.15) is 0 Å². The van der Waals surface area contributed by atoms with Crippen molar-refractivity contribution in [2.45, 2.75) is 57.9 Å². The second-order valence-corrected chi connectivity index (χ2v) is 6.06. The molecular weight excluding hydrogens is 230 g/mol. The minimum atomic E-state index is 0.656. The maximum Gasteiger partial charge on any atom is 0.0285 e. The number of benzene rings is 1. The minimum Gasteiger partial charge on any atom is -0.310 e. The molecule has 1 aromatic carbocycles. The van der Waals surface area contributed by atoms with Gasteiger partial charge in [0, 0.05) is 6.04 Å². The monoisotopic (exact) mass is 255 g/mol. The first-order valence-corrected chi connectivity index (χ1v) is 7.83. The molecule has 1 unspecified atom stereocenters. The molecule has 1 aliphatic carbocycles. The lowest BCUT2D eigenvalue weighted by Crippen LogP contribution is -2.38. The largest absolute Gasteiger partial charge is 0.310 e. The van der Waals surface area contributed by atoms with Gasteiger partial charge >= 0.3 is 0 Å². The van der Waals surface area contributed by atoms with Gasteiger partial charge in [0.05, 0.1) is 0 Å². The fourth-order valence-corrected chi connectivity index (χ4v) is 3.68. The Kier molecular flexibility index (Phi) is 4.03. The molecule has 0 amide bonds. The molecule has 0 radical (unpaired) electrons. The van der Waals surface area contributed by atoms with E-state index in [1.165, 1.54) is 62.6 Å². The van der Waals surface area contributed by atoms with Crippen molar-refractivity contribution < 1.29 is 0 Å². The van der Waals surface area contributed by atoms with Crippen LogP contribution in [0.2, 0.25) is 0 Å². The highest BCUT2D eigenvalue weighted by atomic mass is 14.9. The molecule has 1 N–H and O–H groups in total. The van der Waals surface area contributed by atoms with E-state index in [0.29, 0.717) is 6.04 Å². The highest BCUT2D eigenvalue weighted by Crippen LogP contribution is 2.32. The number of hydrogen-bond acceptors (Lipinski definition) is 1. The van der Waals surface area contributed by atoms with Gasteiger partial charge in [-0.25, -0.2) is 0 Å². The van der Waals surface area contributed by atoms with E-state index in [2.05, 4.69) is 36.5 Å². The Morgan fingerprint density at radius 3 is 2.84 bits per heavy atom. The first kappa shape index (κ1) is 12.9. The molecule has 1 aromatic rings. The summed E-state index contributed by atoms with van der Waals surface area (Å²) < 4.78 is 0. The normalized spacial score (nSPS) is 23.3. The van der Waals surface area contributed by atoms with Gasteiger partial charge in [-0.2, -0.15) is 0 Å². The van der Waals surface area contributed by atoms with Crippen LogP contribution in [0.3, 0.4) is 0 Å². The second-order valence-electron chi connectivity index (χ2n) is 6.06. The highest BCUT2D eigenvalue weighted by molar-refractivity contribution is 5.28. The van der Waals surface area contributed by atoms with E-state index in [1.54, 1.807) is 11.1 Å². The Morgan fingerprint density at radius 1 is 1.11 bits per heavy atom. The molecular formula is C18H25N. The number of hydrogen-bond donors (Lipinski definition) is 1. The van der Waals surface area contributed by atoms with Gasteiger partial charge < -0.3 is 5.32 Å². The van der Waals surface area contributed by atoms with Crippen LogP contribution in [-0.2, 0) is 6.42 Å². The number of rotatable bonds is 3. The molecule has 1 heteroatoms. The van der Waals surface area contributed by atoms with Gasteiger partial charge in [0.25, 0.3) is 0 Å². The van der Waals surface area contributed by atoms with E-state index >= 15 is 0 Å². The van der Waals surface area contributed by atoms with Gasteiger partial charge in [0.15, 0.2) is 0 Å². The van der Waals surface area contributed by atoms with E-state index in [1.807, 2.05) is 0 Å². The molecule has 0 saturated heterocycles. The Balaban J connectivity index is 1.68. The Hall–Kier alpha value is -1.08. The van der Waals surface area contributed by atoms with E-state index in [4.69, 9.17) is 0 Å². The highest BCUT2D eigenvalue weighted by Gasteiger charge is 2.24. The third-order valence-corrected chi connectivity index (χ3v) is 4.83. The minimum absolute atomic E-state index is 0.656. The van der Waals surface area contributed by atoms with Crippen LogP contribution in [0.1, 0.15) is 49.7 Å². The lowest BCUT2D eigenvalue weighted by Gasteiger charge is -2.33. The van der Waals surface area contributed by atoms with Gasteiger partial charge in [0.2, 0.25) is 0 Å². The van der Waals surface area contributed by atoms with Crippen LogP contribution >= 0.6 is 0 Å². The lowest BCUT2D eigenvalue weighted by molar-refractivity contribution is 0.457. The van der Waals surface area contributed by atoms with Gasteiger partial charge in [-0.15, -0.1) is 0 Å². The summed E-state index contributed by atoms with van der Waals surface area (Å²) in [6, 6.07) is 9.48. The SMILES string of the molecule is Cc1ccccc1CCC1NCCC2=C1CCCC2. The van der Waals surface area contributed by atoms with E-state index < -0.39 is 0 Å². The summed E-state index contributed by atoms with van der Waals surface area (Å²) in [6.45, 7) is 3.42. The predicted molar refractivity (Wildman–Crippen MR) is 81.4 cm³/mol. The predicted octanol–water partition coefficient (Wildman–Crippen LogP) is 4.16. The van der Waals surface area contributed by atoms with Crippen LogP contribution < -0.4 is 5.32 Å². The van der Waals surface area contributed by atoms with Crippen molar-refractivity contribution in [1.29, 1.82) is 0 Å². The smallest absolute Gasteiger partial charge is 0.0285 e. The van der Waals surface area contributed by atoms with E-state index in [0.717, 1.165) is 0 Å². The van der Waals surface area contributed by atoms with Crippen LogP contribution in [0.4, 0.5) is 0 Å². The van der Waals surface area contributed by atoms with Crippen LogP contribution in [0.25, 0.3) is 0 Å². The lowest BCUT2D eigenvalue weighted by atomic mass is 9.81. The summed E-state index contributed by atoms with van der Waals surface area (Å²) in [7, 11) is 0. The molecule has 1 nitrogen and oxygen atoms in total. The average Bonchev–Trinajstić information content (AvgIpc) is 2.46. The van der Waals surface area contributed by atoms with Crippen molar-refractivity contribution in [3.63, 3.8) is 0 Å². The van der Waals surface area contributed by atoms with E-state index in [9.17, 15) is 0 Å². The van der Waals surface area contributed by atoms with Crippen LogP contribution in [-0.4, -0.2) is 12.6 Å². The molecule has 1 atom stereocenters. The summed E-state index contributed by atoms with van der Waals surface area (Å²) >= 11 is 0. The Bertz CT molecular complexity index is 468. The standard InChI is InChI=1S/C18H25N/c1-14-6-2-3-7-15(14)10-11-18-17-9-5-4-8-16(17)12-13-19-18/h2-3,6-7,18-19H,4-5,8-13H2,1H3. The first-order chi connectivity index (χ1) is 9.34. The van der Waals surface area contributed by atoms with Crippen LogP contribution in [0, 0.1) is 6.92 Å². The summed E-state index contributed by atoms with van der Waals surface area (Å²) in [5.74, 6) is 0. The zero-order valence-corrected chi connectivity index (χ0v) is 12.0. The molecule has 1 aliphatic heterocycles. The molecule has 2 aliphatic rings. The Morgan fingerprint density at radius 2 is 1.95 bits per heavy atom. The van der Waals surface area contributed by atoms with Crippen LogP contribution in [0.5, 0.6) is 0 Å². The summed E-state index contributed by atoms with van der Waals surface area (Å²) in [5.41, 5.74) is 6.52. The van der Waals surface area contributed by atoms with Crippen molar-refractivity contribution in [3.8, 4) is 0 Å². The van der Waals surface area contributed by atoms with Gasteiger partial charge in [-0.3, -0.25) is 0 Å². The quantitative estimate of drug-likeness (QED) is 0.800. The zero-order valence-electron chi connectivity index (χ0n) is 12.0. The van der Waals surface area contributed by atoms with Crippen LogP contribution in [0.15, 0.2) is 35.4 Å². The molecule has 0 bridgehead atoms. The molecule has 0 saturated carbocycles. The number of nitrogens with one attached hydrogen (secondary N) is 1. The summed E-state index contributed by atoms with van der Waals surface area (Å²) in [6.07, 6.45) is 9.32. The molecule has 0 aromatic heterocycles. The molecule has 1 heterocycles. The van der Waals surface area contributed by atoms with Crippen molar-refractivity contribution in [3.05, 3.63) is 46.5 Å². The van der Waals surface area contributed by atoms with Gasteiger partial charge in [-0.1, -0.05) is 35.4 Å². The van der Waals surface area contributed by atoms with Crippen molar-refractivity contribution in [1.82, 2.24) is 5.32 Å². The first-order valence-electron chi connectivity index (χ1n) is 7.83. The van der Waals surface area contributed by atoms with Crippen molar-refractivity contribution in [2.75, 3.05) is 6.54 Å². The zero-order chi connectivity index (χ0) is 13.1. The van der Waals surface area contributed by atoms with E-state index in [-0.39, 0.29) is 0 Å². The van der Waals surface area contributed by atoms with Crippen molar-refractivity contribution in [2.24, 2.45) is 0 Å². The fraction of sp³-hybridized carbons (Fsp3) is 0.556. The molecule has 0 fully saturated rings. The fourth-order valence-electron chi connectivity index (χ4n) is 3.68. The van der Waals surface area contributed by atoms with Gasteiger partial charge in [-0.05, 0) is 69.5 Å². The Labute approximate surface area is 117 Å². The topological polar surface area (TPSA) is 12.0 Å². The number of aryl methyl sites for hydroxylation is 2. The maximum absolute atomic E-state index is 3.75. The second kappa shape index (κ2) is 5.92.